The van der Waals surface area contributed by atoms with Crippen LogP contribution in [0.5, 0.6) is 0 Å². The summed E-state index contributed by atoms with van der Waals surface area (Å²) in [6.45, 7) is 4.68. The summed E-state index contributed by atoms with van der Waals surface area (Å²) in [4.78, 5) is 31.2. The second-order valence-corrected chi connectivity index (χ2v) is 5.59. The predicted molar refractivity (Wildman–Crippen MR) is 87.5 cm³/mol. The van der Waals surface area contributed by atoms with Crippen molar-refractivity contribution >= 4 is 28.3 Å². The fraction of sp³-hybridized carbons (Fsp3) is 0.353. The quantitative estimate of drug-likeness (QED) is 0.790. The van der Waals surface area contributed by atoms with Crippen molar-refractivity contribution in [2.24, 2.45) is 0 Å². The molecule has 0 N–H and O–H groups in total. The normalized spacial score (nSPS) is 14.9. The molecule has 0 bridgehead atoms. The Balaban J connectivity index is 1.85. The van der Waals surface area contributed by atoms with E-state index < -0.39 is 5.97 Å². The monoisotopic (exact) mass is 313 g/mol. The highest BCUT2D eigenvalue weighted by molar-refractivity contribution is 5.94. The molecule has 0 radical (unpaired) electrons. The molecular formula is C17H19N3O3. The molecule has 0 unspecified atom stereocenters. The number of carbonyl (C=O) groups is 2. The number of ether oxygens (including phenoxy) is 1. The van der Waals surface area contributed by atoms with Gasteiger partial charge in [0.2, 0.25) is 5.91 Å². The van der Waals surface area contributed by atoms with Crippen LogP contribution in [0.4, 0.5) is 5.69 Å². The summed E-state index contributed by atoms with van der Waals surface area (Å²) in [7, 11) is 1.35. The van der Waals surface area contributed by atoms with Crippen LogP contribution in [0.15, 0.2) is 30.5 Å². The zero-order valence-electron chi connectivity index (χ0n) is 13.3. The lowest BCUT2D eigenvalue weighted by Gasteiger charge is -2.35. The molecule has 1 saturated heterocycles. The van der Waals surface area contributed by atoms with Crippen molar-refractivity contribution in [1.29, 1.82) is 0 Å². The van der Waals surface area contributed by atoms with E-state index in [0.29, 0.717) is 5.69 Å². The Bertz CT molecular complexity index is 752. The molecule has 1 aliphatic heterocycles. The molecule has 120 valence electrons. The van der Waals surface area contributed by atoms with E-state index in [1.807, 2.05) is 23.1 Å². The first kappa shape index (κ1) is 15.3. The van der Waals surface area contributed by atoms with Gasteiger partial charge < -0.3 is 14.5 Å². The van der Waals surface area contributed by atoms with Crippen LogP contribution < -0.4 is 4.90 Å². The third-order valence-corrected chi connectivity index (χ3v) is 4.19. The first-order valence-electron chi connectivity index (χ1n) is 7.57. The first-order valence-corrected chi connectivity index (χ1v) is 7.57. The average molecular weight is 313 g/mol. The predicted octanol–water partition coefficient (Wildman–Crippen LogP) is 1.69. The Morgan fingerprint density at radius 3 is 2.48 bits per heavy atom. The zero-order valence-corrected chi connectivity index (χ0v) is 13.3. The van der Waals surface area contributed by atoms with Crippen molar-refractivity contribution in [3.05, 3.63) is 36.2 Å². The molecular weight excluding hydrogens is 294 g/mol. The number of aromatic nitrogens is 1. The molecule has 6 nitrogen and oxygen atoms in total. The molecule has 1 aliphatic rings. The summed E-state index contributed by atoms with van der Waals surface area (Å²) in [6.07, 6.45) is 1.68. The van der Waals surface area contributed by atoms with E-state index in [-0.39, 0.29) is 5.91 Å². The third-order valence-electron chi connectivity index (χ3n) is 4.19. The van der Waals surface area contributed by atoms with Crippen molar-refractivity contribution in [3.8, 4) is 0 Å². The maximum atomic E-state index is 11.6. The Morgan fingerprint density at radius 1 is 1.09 bits per heavy atom. The topological polar surface area (TPSA) is 62.7 Å². The molecule has 23 heavy (non-hydrogen) atoms. The van der Waals surface area contributed by atoms with Crippen LogP contribution in [0.25, 0.3) is 10.8 Å². The number of carbonyl (C=O) groups excluding carboxylic acids is 2. The van der Waals surface area contributed by atoms with Gasteiger partial charge in [-0.15, -0.1) is 0 Å². The fourth-order valence-corrected chi connectivity index (χ4v) is 2.82. The summed E-state index contributed by atoms with van der Waals surface area (Å²) < 4.78 is 4.72. The van der Waals surface area contributed by atoms with Gasteiger partial charge in [-0.05, 0) is 23.6 Å². The molecule has 0 atom stereocenters. The molecule has 1 amide bonds. The number of hydrogen-bond acceptors (Lipinski definition) is 5. The van der Waals surface area contributed by atoms with Gasteiger partial charge in [0.25, 0.3) is 0 Å². The molecule has 0 aliphatic carbocycles. The number of esters is 1. The van der Waals surface area contributed by atoms with Crippen molar-refractivity contribution in [3.63, 3.8) is 0 Å². The summed E-state index contributed by atoms with van der Waals surface area (Å²) in [5, 5.41) is 1.93. The van der Waals surface area contributed by atoms with Crippen LogP contribution in [0.1, 0.15) is 17.4 Å². The van der Waals surface area contributed by atoms with Crippen molar-refractivity contribution in [1.82, 2.24) is 9.88 Å². The summed E-state index contributed by atoms with van der Waals surface area (Å²) in [6, 6.07) is 7.84. The lowest BCUT2D eigenvalue weighted by molar-refractivity contribution is -0.129. The third kappa shape index (κ3) is 3.11. The van der Waals surface area contributed by atoms with Crippen molar-refractivity contribution in [2.75, 3.05) is 38.2 Å². The van der Waals surface area contributed by atoms with E-state index >= 15 is 0 Å². The van der Waals surface area contributed by atoms with Crippen LogP contribution in [-0.4, -0.2) is 55.0 Å². The van der Waals surface area contributed by atoms with Gasteiger partial charge in [-0.2, -0.15) is 0 Å². The van der Waals surface area contributed by atoms with E-state index in [2.05, 4.69) is 9.88 Å². The van der Waals surface area contributed by atoms with Gasteiger partial charge in [0, 0.05) is 50.4 Å². The number of piperazine rings is 1. The molecule has 2 heterocycles. The van der Waals surface area contributed by atoms with Gasteiger partial charge in [-0.1, -0.05) is 6.07 Å². The number of fused-ring (bicyclic) bond motifs is 1. The highest BCUT2D eigenvalue weighted by atomic mass is 16.5. The summed E-state index contributed by atoms with van der Waals surface area (Å²) in [5.41, 5.74) is 1.39. The van der Waals surface area contributed by atoms with Crippen LogP contribution in [0.3, 0.4) is 0 Å². The zero-order chi connectivity index (χ0) is 16.4. The summed E-state index contributed by atoms with van der Waals surface area (Å²) >= 11 is 0. The van der Waals surface area contributed by atoms with Gasteiger partial charge in [0.05, 0.1) is 7.11 Å². The molecule has 0 saturated carbocycles. The molecule has 1 aromatic heterocycles. The van der Waals surface area contributed by atoms with Crippen molar-refractivity contribution in [2.45, 2.75) is 6.92 Å². The number of methoxy groups -OCH3 is 1. The number of benzene rings is 1. The van der Waals surface area contributed by atoms with Crippen LogP contribution in [-0.2, 0) is 9.53 Å². The number of anilines is 1. The molecule has 3 rings (SSSR count). The second kappa shape index (κ2) is 6.24. The van der Waals surface area contributed by atoms with Crippen LogP contribution in [0, 0.1) is 0 Å². The SMILES string of the molecule is COC(=O)c1cc2cc(N3CCN(C(C)=O)CC3)ccc2cn1. The van der Waals surface area contributed by atoms with Gasteiger partial charge in [-0.3, -0.25) is 4.79 Å². The largest absolute Gasteiger partial charge is 0.464 e. The van der Waals surface area contributed by atoms with E-state index in [0.717, 1.165) is 42.6 Å². The lowest BCUT2D eigenvalue weighted by atomic mass is 10.1. The molecule has 1 aromatic carbocycles. The van der Waals surface area contributed by atoms with E-state index in [4.69, 9.17) is 4.74 Å². The highest BCUT2D eigenvalue weighted by Gasteiger charge is 2.19. The highest BCUT2D eigenvalue weighted by Crippen LogP contribution is 2.23. The number of nitrogens with zero attached hydrogens (tertiary/aromatic N) is 3. The van der Waals surface area contributed by atoms with E-state index in [1.165, 1.54) is 7.11 Å². The minimum Gasteiger partial charge on any atom is -0.464 e. The first-order chi connectivity index (χ1) is 11.1. The number of pyridine rings is 1. The molecule has 1 fully saturated rings. The average Bonchev–Trinajstić information content (AvgIpc) is 2.60. The van der Waals surface area contributed by atoms with Crippen molar-refractivity contribution < 1.29 is 14.3 Å². The minimum atomic E-state index is -0.438. The maximum Gasteiger partial charge on any atom is 0.356 e. The Labute approximate surface area is 134 Å². The summed E-state index contributed by atoms with van der Waals surface area (Å²) in [5.74, 6) is -0.315. The Hall–Kier alpha value is -2.63. The van der Waals surface area contributed by atoms with E-state index in [9.17, 15) is 9.59 Å². The van der Waals surface area contributed by atoms with Gasteiger partial charge in [-0.25, -0.2) is 9.78 Å². The van der Waals surface area contributed by atoms with Gasteiger partial charge in [0.1, 0.15) is 5.69 Å². The number of amides is 1. The molecule has 2 aromatic rings. The smallest absolute Gasteiger partial charge is 0.356 e. The van der Waals surface area contributed by atoms with Crippen LogP contribution >= 0.6 is 0 Å². The molecule has 0 spiro atoms. The maximum absolute atomic E-state index is 11.6. The van der Waals surface area contributed by atoms with Crippen LogP contribution in [0.2, 0.25) is 0 Å². The van der Waals surface area contributed by atoms with E-state index in [1.54, 1.807) is 19.2 Å². The molecule has 6 heteroatoms. The second-order valence-electron chi connectivity index (χ2n) is 5.59. The minimum absolute atomic E-state index is 0.122. The number of rotatable bonds is 2. The van der Waals surface area contributed by atoms with Gasteiger partial charge in [0.15, 0.2) is 0 Å². The standard InChI is InChI=1S/C17H19N3O3/c1-12(21)19-5-7-20(8-6-19)15-4-3-13-11-18-16(17(22)23-2)10-14(13)9-15/h3-4,9-11H,5-8H2,1-2H3. The fourth-order valence-electron chi connectivity index (χ4n) is 2.82. The lowest BCUT2D eigenvalue weighted by Crippen LogP contribution is -2.48. The Morgan fingerprint density at radius 2 is 1.83 bits per heavy atom. The number of hydrogen-bond donors (Lipinski definition) is 0. The van der Waals surface area contributed by atoms with Gasteiger partial charge >= 0.3 is 5.97 Å². The Kier molecular flexibility index (Phi) is 4.14.